The highest BCUT2D eigenvalue weighted by atomic mass is 79.9. The number of hydrogen-bond donors (Lipinski definition) is 2. The lowest BCUT2D eigenvalue weighted by Crippen LogP contribution is -2.02. The molecule has 0 fully saturated rings. The summed E-state index contributed by atoms with van der Waals surface area (Å²) in [7, 11) is 0. The fourth-order valence-corrected chi connectivity index (χ4v) is 2.57. The Morgan fingerprint density at radius 3 is 2.59 bits per heavy atom. The molecule has 0 unspecified atom stereocenters. The third-order valence-electron chi connectivity index (χ3n) is 2.54. The third kappa shape index (κ3) is 3.52. The molecule has 0 amide bonds. The molecule has 0 aliphatic rings. The quantitative estimate of drug-likeness (QED) is 0.539. The number of nitrogens with zero attached hydrogens (tertiary/aromatic N) is 2. The first-order valence-electron chi connectivity index (χ1n) is 5.61. The number of hydrogen-bond acceptors (Lipinski definition) is 4. The minimum atomic E-state index is -1.36. The summed E-state index contributed by atoms with van der Waals surface area (Å²) in [6.07, 6.45) is 1.29. The molecule has 0 radical (unpaired) electrons. The van der Waals surface area contributed by atoms with Crippen LogP contribution >= 0.6 is 50.7 Å². The molecule has 2 rings (SSSR count). The molecule has 0 spiro atoms. The zero-order valence-corrected chi connectivity index (χ0v) is 14.4. The molecule has 5 nitrogen and oxygen atoms in total. The van der Waals surface area contributed by atoms with E-state index in [0.29, 0.717) is 5.56 Å². The van der Waals surface area contributed by atoms with Gasteiger partial charge in [-0.05, 0) is 18.2 Å². The van der Waals surface area contributed by atoms with E-state index in [9.17, 15) is 9.90 Å². The van der Waals surface area contributed by atoms with E-state index in [4.69, 9.17) is 39.9 Å². The van der Waals surface area contributed by atoms with Gasteiger partial charge in [0.25, 0.3) is 0 Å². The lowest BCUT2D eigenvalue weighted by molar-refractivity contribution is 0.0691. The number of benzene rings is 1. The van der Waals surface area contributed by atoms with Gasteiger partial charge in [0, 0.05) is 16.3 Å². The van der Waals surface area contributed by atoms with Gasteiger partial charge in [-0.2, -0.15) is 0 Å². The molecule has 0 atom stereocenters. The van der Waals surface area contributed by atoms with Crippen LogP contribution in [0, 0.1) is 0 Å². The maximum Gasteiger partial charge on any atom is 0.356 e. The SMILES string of the molecule is O=C(O)c1nc(Cl)c(Cl)c(N=Cc2cc(Br)ccc2O)c1Cl. The van der Waals surface area contributed by atoms with Crippen LogP contribution in [0.2, 0.25) is 15.2 Å². The Balaban J connectivity index is 2.55. The van der Waals surface area contributed by atoms with E-state index in [2.05, 4.69) is 25.9 Å². The van der Waals surface area contributed by atoms with E-state index in [-0.39, 0.29) is 26.6 Å². The van der Waals surface area contributed by atoms with Crippen molar-refractivity contribution in [2.45, 2.75) is 0 Å². The van der Waals surface area contributed by atoms with Crippen LogP contribution < -0.4 is 0 Å². The number of phenols is 1. The van der Waals surface area contributed by atoms with Crippen molar-refractivity contribution >= 4 is 68.6 Å². The normalized spacial score (nSPS) is 11.1. The van der Waals surface area contributed by atoms with Crippen LogP contribution in [-0.4, -0.2) is 27.4 Å². The van der Waals surface area contributed by atoms with Gasteiger partial charge in [-0.1, -0.05) is 50.7 Å². The molecule has 2 N–H and O–H groups in total. The summed E-state index contributed by atoms with van der Waals surface area (Å²) >= 11 is 20.9. The van der Waals surface area contributed by atoms with Crippen LogP contribution in [0.15, 0.2) is 27.7 Å². The molecule has 9 heteroatoms. The van der Waals surface area contributed by atoms with E-state index >= 15 is 0 Å². The Morgan fingerprint density at radius 2 is 1.95 bits per heavy atom. The number of rotatable bonds is 3. The van der Waals surface area contributed by atoms with Crippen molar-refractivity contribution in [3.8, 4) is 5.75 Å². The number of carboxylic acids is 1. The summed E-state index contributed by atoms with van der Waals surface area (Å²) in [5.74, 6) is -1.37. The van der Waals surface area contributed by atoms with Crippen LogP contribution in [0.1, 0.15) is 16.1 Å². The van der Waals surface area contributed by atoms with Crippen molar-refractivity contribution in [2.24, 2.45) is 4.99 Å². The van der Waals surface area contributed by atoms with Crippen LogP contribution in [0.3, 0.4) is 0 Å². The second-order valence-corrected chi connectivity index (χ2v) is 6.02. The van der Waals surface area contributed by atoms with Crippen molar-refractivity contribution in [3.63, 3.8) is 0 Å². The summed E-state index contributed by atoms with van der Waals surface area (Å²) in [6, 6.07) is 4.73. The molecule has 0 aliphatic heterocycles. The highest BCUT2D eigenvalue weighted by Crippen LogP contribution is 2.39. The predicted molar refractivity (Wildman–Crippen MR) is 89.3 cm³/mol. The standard InChI is InChI=1S/C13H6BrCl3N2O3/c14-6-1-2-7(20)5(3-6)4-18-10-8(15)11(13(21)22)19-12(17)9(10)16/h1-4,20H,(H,21,22). The van der Waals surface area contributed by atoms with E-state index in [1.165, 1.54) is 12.3 Å². The van der Waals surface area contributed by atoms with Gasteiger partial charge < -0.3 is 10.2 Å². The summed E-state index contributed by atoms with van der Waals surface area (Å²) in [5, 5.41) is 18.2. The maximum absolute atomic E-state index is 11.1. The summed E-state index contributed by atoms with van der Waals surface area (Å²) in [6.45, 7) is 0. The summed E-state index contributed by atoms with van der Waals surface area (Å²) in [4.78, 5) is 18.7. The van der Waals surface area contributed by atoms with Gasteiger partial charge in [-0.3, -0.25) is 4.99 Å². The molecule has 0 aliphatic carbocycles. The van der Waals surface area contributed by atoms with Crippen molar-refractivity contribution < 1.29 is 15.0 Å². The second kappa shape index (κ2) is 6.83. The van der Waals surface area contributed by atoms with Crippen molar-refractivity contribution in [1.29, 1.82) is 0 Å². The fraction of sp³-hybridized carbons (Fsp3) is 0. The molecule has 1 aromatic carbocycles. The van der Waals surface area contributed by atoms with Gasteiger partial charge in [0.05, 0.1) is 0 Å². The number of carbonyl (C=O) groups is 1. The van der Waals surface area contributed by atoms with Gasteiger partial charge in [0.2, 0.25) is 0 Å². The van der Waals surface area contributed by atoms with E-state index in [1.807, 2.05) is 0 Å². The Bertz CT molecular complexity index is 797. The number of carboxylic acid groups (broad SMARTS) is 1. The number of aromatic nitrogens is 1. The maximum atomic E-state index is 11.1. The highest BCUT2D eigenvalue weighted by molar-refractivity contribution is 9.10. The van der Waals surface area contributed by atoms with Gasteiger partial charge in [0.15, 0.2) is 10.8 Å². The molecule has 2 aromatic rings. The number of aliphatic imine (C=N–C) groups is 1. The number of halogens is 4. The lowest BCUT2D eigenvalue weighted by atomic mass is 10.2. The van der Waals surface area contributed by atoms with Crippen molar-refractivity contribution in [3.05, 3.63) is 49.1 Å². The zero-order chi connectivity index (χ0) is 16.4. The van der Waals surface area contributed by atoms with Gasteiger partial charge >= 0.3 is 5.97 Å². The zero-order valence-electron chi connectivity index (χ0n) is 10.5. The molecular formula is C13H6BrCl3N2O3. The van der Waals surface area contributed by atoms with E-state index in [1.54, 1.807) is 12.1 Å². The first-order valence-corrected chi connectivity index (χ1v) is 7.54. The predicted octanol–water partition coefficient (Wildman–Crippen LogP) is 4.96. The lowest BCUT2D eigenvalue weighted by Gasteiger charge is -2.06. The van der Waals surface area contributed by atoms with Crippen molar-refractivity contribution in [2.75, 3.05) is 0 Å². The highest BCUT2D eigenvalue weighted by Gasteiger charge is 2.20. The summed E-state index contributed by atoms with van der Waals surface area (Å²) in [5.41, 5.74) is -0.117. The van der Waals surface area contributed by atoms with Crippen LogP contribution in [0.4, 0.5) is 5.69 Å². The molecule has 0 saturated carbocycles. The Morgan fingerprint density at radius 1 is 1.27 bits per heavy atom. The minimum Gasteiger partial charge on any atom is -0.507 e. The van der Waals surface area contributed by atoms with Gasteiger partial charge in [-0.25, -0.2) is 9.78 Å². The molecule has 1 heterocycles. The molecular weight excluding hydrogens is 418 g/mol. The fourth-order valence-electron chi connectivity index (χ4n) is 1.52. The largest absolute Gasteiger partial charge is 0.507 e. The van der Waals surface area contributed by atoms with Crippen LogP contribution in [0.25, 0.3) is 0 Å². The number of phenolic OH excluding ortho intramolecular Hbond substituents is 1. The molecule has 0 bridgehead atoms. The smallest absolute Gasteiger partial charge is 0.356 e. The van der Waals surface area contributed by atoms with Gasteiger partial charge in [-0.15, -0.1) is 0 Å². The van der Waals surface area contributed by atoms with E-state index in [0.717, 1.165) is 4.47 Å². The van der Waals surface area contributed by atoms with E-state index < -0.39 is 11.7 Å². The Kier molecular flexibility index (Phi) is 5.28. The average Bonchev–Trinajstić information content (AvgIpc) is 2.46. The molecule has 0 saturated heterocycles. The first-order chi connectivity index (χ1) is 10.3. The number of aromatic carboxylic acids is 1. The van der Waals surface area contributed by atoms with Crippen LogP contribution in [0.5, 0.6) is 5.75 Å². The monoisotopic (exact) mass is 422 g/mol. The van der Waals surface area contributed by atoms with Crippen molar-refractivity contribution in [1.82, 2.24) is 4.98 Å². The minimum absolute atomic E-state index is 0.0159. The topological polar surface area (TPSA) is 82.8 Å². The number of aromatic hydroxyl groups is 1. The molecule has 1 aromatic heterocycles. The van der Waals surface area contributed by atoms with Crippen LogP contribution in [-0.2, 0) is 0 Å². The average molecular weight is 424 g/mol. The number of pyridine rings is 1. The summed E-state index contributed by atoms with van der Waals surface area (Å²) < 4.78 is 0.725. The Labute approximate surface area is 148 Å². The molecule has 22 heavy (non-hydrogen) atoms. The molecule has 114 valence electrons. The first kappa shape index (κ1) is 17.0. The second-order valence-electron chi connectivity index (χ2n) is 3.99. The Hall–Kier alpha value is -1.34. The van der Waals surface area contributed by atoms with Gasteiger partial charge in [0.1, 0.15) is 21.5 Å². The third-order valence-corrected chi connectivity index (χ3v) is 4.12.